The van der Waals surface area contributed by atoms with Crippen LogP contribution in [0.4, 0.5) is 0 Å². The zero-order chi connectivity index (χ0) is 15.0. The van der Waals surface area contributed by atoms with Gasteiger partial charge in [0.15, 0.2) is 6.10 Å². The van der Waals surface area contributed by atoms with Gasteiger partial charge in [0.25, 0.3) is 0 Å². The van der Waals surface area contributed by atoms with Crippen molar-refractivity contribution in [3.05, 3.63) is 35.9 Å². The maximum absolute atomic E-state index is 11.7. The van der Waals surface area contributed by atoms with Gasteiger partial charge >= 0.3 is 5.97 Å². The van der Waals surface area contributed by atoms with E-state index in [1.165, 1.54) is 0 Å². The number of ether oxygens (including phenoxy) is 3. The molecule has 2 aliphatic heterocycles. The normalized spacial score (nSPS) is 35.6. The molecule has 1 aromatic rings. The Balaban J connectivity index is 1.83. The van der Waals surface area contributed by atoms with Gasteiger partial charge in [0, 0.05) is 0 Å². The van der Waals surface area contributed by atoms with Crippen molar-refractivity contribution in [1.82, 2.24) is 0 Å². The molecule has 0 saturated carbocycles. The molecular weight excluding hydrogens is 272 g/mol. The van der Waals surface area contributed by atoms with Gasteiger partial charge in [0.1, 0.15) is 18.3 Å². The topological polar surface area (TPSA) is 65.0 Å². The van der Waals surface area contributed by atoms with Crippen LogP contribution in [0.25, 0.3) is 0 Å². The van der Waals surface area contributed by atoms with Crippen molar-refractivity contribution in [3.8, 4) is 0 Å². The van der Waals surface area contributed by atoms with Gasteiger partial charge in [-0.15, -0.1) is 0 Å². The molecule has 2 saturated heterocycles. The number of fused-ring (bicyclic) bond motifs is 1. The van der Waals surface area contributed by atoms with E-state index in [1.807, 2.05) is 44.2 Å². The monoisotopic (exact) mass is 292 g/mol. The molecule has 5 nitrogen and oxygen atoms in total. The van der Waals surface area contributed by atoms with Gasteiger partial charge in [-0.05, 0) is 19.4 Å². The lowest BCUT2D eigenvalue weighted by Crippen LogP contribution is -2.49. The molecule has 0 amide bonds. The number of carbonyl (C=O) groups is 1. The molecule has 0 bridgehead atoms. The molecule has 3 rings (SSSR count). The molecule has 0 aromatic heterocycles. The van der Waals surface area contributed by atoms with Crippen LogP contribution >= 0.6 is 0 Å². The molecule has 1 aromatic carbocycles. The summed E-state index contributed by atoms with van der Waals surface area (Å²) in [6.45, 7) is 3.82. The minimum absolute atomic E-state index is 0.0157. The van der Waals surface area contributed by atoms with Gasteiger partial charge in [-0.2, -0.15) is 0 Å². The van der Waals surface area contributed by atoms with E-state index in [1.54, 1.807) is 0 Å². The summed E-state index contributed by atoms with van der Waals surface area (Å²) in [6, 6.07) is 9.47. The summed E-state index contributed by atoms with van der Waals surface area (Å²) in [5.74, 6) is -0.349. The summed E-state index contributed by atoms with van der Waals surface area (Å²) < 4.78 is 17.0. The summed E-state index contributed by atoms with van der Waals surface area (Å²) in [5, 5.41) is 10.4. The van der Waals surface area contributed by atoms with Crippen LogP contribution in [0.2, 0.25) is 0 Å². The van der Waals surface area contributed by atoms with Crippen molar-refractivity contribution >= 4 is 5.97 Å². The zero-order valence-corrected chi connectivity index (χ0v) is 12.1. The number of rotatable bonds is 3. The van der Waals surface area contributed by atoms with Crippen molar-refractivity contribution in [1.29, 1.82) is 0 Å². The fourth-order valence-electron chi connectivity index (χ4n) is 3.00. The van der Waals surface area contributed by atoms with Crippen LogP contribution in [-0.2, 0) is 19.0 Å². The van der Waals surface area contributed by atoms with Crippen molar-refractivity contribution in [2.45, 2.75) is 56.9 Å². The first-order valence-corrected chi connectivity index (χ1v) is 7.29. The summed E-state index contributed by atoms with van der Waals surface area (Å²) in [4.78, 5) is 11.7. The fourth-order valence-corrected chi connectivity index (χ4v) is 3.00. The number of aliphatic hydroxyl groups excluding tert-OH is 1. The first kappa shape index (κ1) is 14.5. The zero-order valence-electron chi connectivity index (χ0n) is 12.1. The fraction of sp³-hybridized carbons (Fsp3) is 0.562. The largest absolute Gasteiger partial charge is 0.456 e. The second-order valence-electron chi connectivity index (χ2n) is 5.80. The van der Waals surface area contributed by atoms with Crippen molar-refractivity contribution in [3.63, 3.8) is 0 Å². The van der Waals surface area contributed by atoms with Gasteiger partial charge in [0.2, 0.25) is 0 Å². The molecule has 2 fully saturated rings. The van der Waals surface area contributed by atoms with Gasteiger partial charge in [-0.3, -0.25) is 4.79 Å². The van der Waals surface area contributed by atoms with Crippen LogP contribution < -0.4 is 0 Å². The third kappa shape index (κ3) is 2.81. The van der Waals surface area contributed by atoms with E-state index >= 15 is 0 Å². The Kier molecular flexibility index (Phi) is 3.97. The average molecular weight is 292 g/mol. The quantitative estimate of drug-likeness (QED) is 0.857. The first-order valence-electron chi connectivity index (χ1n) is 7.29. The minimum Gasteiger partial charge on any atom is -0.456 e. The smallest absolute Gasteiger partial charge is 0.308 e. The summed E-state index contributed by atoms with van der Waals surface area (Å²) in [6.07, 6.45) is -2.69. The van der Waals surface area contributed by atoms with Crippen LogP contribution in [0.15, 0.2) is 30.3 Å². The van der Waals surface area contributed by atoms with E-state index in [9.17, 15) is 9.90 Å². The van der Waals surface area contributed by atoms with Crippen molar-refractivity contribution < 1.29 is 24.1 Å². The van der Waals surface area contributed by atoms with E-state index < -0.39 is 24.4 Å². The number of aliphatic hydroxyl groups is 1. The van der Waals surface area contributed by atoms with E-state index in [2.05, 4.69) is 0 Å². The Morgan fingerprint density at radius 2 is 1.95 bits per heavy atom. The third-order valence-electron chi connectivity index (χ3n) is 3.85. The Bertz CT molecular complexity index is 501. The average Bonchev–Trinajstić information content (AvgIpc) is 2.77. The highest BCUT2D eigenvalue weighted by Crippen LogP contribution is 2.40. The minimum atomic E-state index is -0.875. The van der Waals surface area contributed by atoms with Gasteiger partial charge in [0.05, 0.1) is 18.6 Å². The number of esters is 1. The second kappa shape index (κ2) is 5.75. The number of hydrogen-bond donors (Lipinski definition) is 1. The number of hydrogen-bond acceptors (Lipinski definition) is 5. The van der Waals surface area contributed by atoms with Crippen LogP contribution in [0.3, 0.4) is 0 Å². The molecule has 1 N–H and O–H groups in total. The standard InChI is InChI=1S/C16H20O5/c1-9(2)19-11-8-12(17)20-16-13(18)14(21-15(11)16)10-6-4-3-5-7-10/h3-7,9,11,13-16,18H,8H2,1-2H3/t11-,13-,14-,15+,16+/m1/s1. The number of carbonyl (C=O) groups excluding carboxylic acids is 1. The maximum atomic E-state index is 11.7. The molecule has 114 valence electrons. The van der Waals surface area contributed by atoms with Crippen LogP contribution in [0, 0.1) is 0 Å². The molecule has 2 heterocycles. The predicted molar refractivity (Wildman–Crippen MR) is 74.6 cm³/mol. The Morgan fingerprint density at radius 3 is 2.62 bits per heavy atom. The van der Waals surface area contributed by atoms with Crippen molar-refractivity contribution in [2.24, 2.45) is 0 Å². The third-order valence-corrected chi connectivity index (χ3v) is 3.85. The summed E-state index contributed by atoms with van der Waals surface area (Å²) >= 11 is 0. The SMILES string of the molecule is CC(C)O[C@@H]1CC(=O)O[C@H]2[C@H](O)[C@@H](c3ccccc3)O[C@H]21. The molecular formula is C16H20O5. The lowest BCUT2D eigenvalue weighted by molar-refractivity contribution is -0.185. The van der Waals surface area contributed by atoms with Crippen LogP contribution in [0.5, 0.6) is 0 Å². The molecule has 5 atom stereocenters. The van der Waals surface area contributed by atoms with Gasteiger partial charge in [-0.25, -0.2) is 0 Å². The molecule has 21 heavy (non-hydrogen) atoms. The predicted octanol–water partition coefficient (Wildman–Crippen LogP) is 1.60. The highest BCUT2D eigenvalue weighted by molar-refractivity contribution is 5.71. The second-order valence-corrected chi connectivity index (χ2v) is 5.80. The van der Waals surface area contributed by atoms with E-state index in [0.717, 1.165) is 5.56 Å². The van der Waals surface area contributed by atoms with Gasteiger partial charge < -0.3 is 19.3 Å². The molecule has 0 spiro atoms. The highest BCUT2D eigenvalue weighted by atomic mass is 16.6. The Labute approximate surface area is 123 Å². The van der Waals surface area contributed by atoms with Crippen LogP contribution in [-0.4, -0.2) is 41.6 Å². The van der Waals surface area contributed by atoms with Crippen molar-refractivity contribution in [2.75, 3.05) is 0 Å². The molecule has 0 aliphatic carbocycles. The van der Waals surface area contributed by atoms with Crippen LogP contribution in [0.1, 0.15) is 31.9 Å². The Hall–Kier alpha value is -1.43. The van der Waals surface area contributed by atoms with E-state index in [-0.39, 0.29) is 24.6 Å². The van der Waals surface area contributed by atoms with E-state index in [4.69, 9.17) is 14.2 Å². The Morgan fingerprint density at radius 1 is 1.24 bits per heavy atom. The van der Waals surface area contributed by atoms with Gasteiger partial charge in [-0.1, -0.05) is 30.3 Å². The molecule has 5 heteroatoms. The lowest BCUT2D eigenvalue weighted by Gasteiger charge is -2.33. The lowest BCUT2D eigenvalue weighted by atomic mass is 9.96. The number of benzene rings is 1. The molecule has 2 aliphatic rings. The summed E-state index contributed by atoms with van der Waals surface area (Å²) in [5.41, 5.74) is 0.874. The molecule has 0 unspecified atom stereocenters. The molecule has 0 radical (unpaired) electrons. The van der Waals surface area contributed by atoms with E-state index in [0.29, 0.717) is 0 Å². The first-order chi connectivity index (χ1) is 10.1. The highest BCUT2D eigenvalue weighted by Gasteiger charge is 2.53. The summed E-state index contributed by atoms with van der Waals surface area (Å²) in [7, 11) is 0. The maximum Gasteiger partial charge on any atom is 0.308 e.